The quantitative estimate of drug-likeness (QED) is 0.718. The minimum absolute atomic E-state index is 0.486. The fraction of sp³-hybridized carbons (Fsp3) is 1.00. The summed E-state index contributed by atoms with van der Waals surface area (Å²) in [7, 11) is 0. The molecule has 2 aliphatic carbocycles. The van der Waals surface area contributed by atoms with Crippen molar-refractivity contribution in [2.75, 3.05) is 19.6 Å². The highest BCUT2D eigenvalue weighted by atomic mass is 15.1. The fourth-order valence-corrected chi connectivity index (χ4v) is 5.25. The lowest BCUT2D eigenvalue weighted by Crippen LogP contribution is -2.53. The first-order chi connectivity index (χ1) is 9.83. The van der Waals surface area contributed by atoms with Gasteiger partial charge in [0.2, 0.25) is 0 Å². The van der Waals surface area contributed by atoms with Gasteiger partial charge in [0.15, 0.2) is 0 Å². The van der Waals surface area contributed by atoms with E-state index in [0.717, 1.165) is 5.92 Å². The second-order valence-corrected chi connectivity index (χ2v) is 8.58. The van der Waals surface area contributed by atoms with Crippen LogP contribution in [0.15, 0.2) is 0 Å². The van der Waals surface area contributed by atoms with Crippen molar-refractivity contribution >= 4 is 0 Å². The third kappa shape index (κ3) is 3.47. The Morgan fingerprint density at radius 1 is 1.19 bits per heavy atom. The summed E-state index contributed by atoms with van der Waals surface area (Å²) in [4.78, 5) is 2.54. The third-order valence-corrected chi connectivity index (χ3v) is 6.73. The first kappa shape index (κ1) is 17.3. The van der Waals surface area contributed by atoms with E-state index in [4.69, 9.17) is 0 Å². The number of rotatable bonds is 8. The summed E-state index contributed by atoms with van der Waals surface area (Å²) in [5.74, 6) is 0.947. The standard InChI is InChI=1S/C19H38N2/c1-7-21(8-2)13-9-10-15(3)20-17-18(4,5)16-11-12-19(17,6)14-16/h15-17,20H,7-14H2,1-6H3. The maximum atomic E-state index is 4.03. The van der Waals surface area contributed by atoms with Gasteiger partial charge >= 0.3 is 0 Å². The fourth-order valence-electron chi connectivity index (χ4n) is 5.25. The van der Waals surface area contributed by atoms with Crippen molar-refractivity contribution in [2.45, 2.75) is 85.7 Å². The lowest BCUT2D eigenvalue weighted by Gasteiger charge is -2.44. The molecule has 0 aromatic carbocycles. The van der Waals surface area contributed by atoms with Gasteiger partial charge in [-0.2, -0.15) is 0 Å². The molecule has 2 saturated carbocycles. The Bertz CT molecular complexity index is 330. The Kier molecular flexibility index (Phi) is 5.41. The molecule has 0 amide bonds. The monoisotopic (exact) mass is 294 g/mol. The number of hydrogen-bond acceptors (Lipinski definition) is 2. The molecule has 1 N–H and O–H groups in total. The van der Waals surface area contributed by atoms with Gasteiger partial charge < -0.3 is 10.2 Å². The maximum Gasteiger partial charge on any atom is 0.0177 e. The Labute approximate surface area is 133 Å². The Hall–Kier alpha value is -0.0800. The molecule has 4 unspecified atom stereocenters. The Balaban J connectivity index is 1.81. The van der Waals surface area contributed by atoms with Crippen molar-refractivity contribution < 1.29 is 0 Å². The lowest BCUT2D eigenvalue weighted by molar-refractivity contribution is 0.0984. The molecule has 2 heteroatoms. The summed E-state index contributed by atoms with van der Waals surface area (Å²) in [6.07, 6.45) is 6.97. The van der Waals surface area contributed by atoms with Gasteiger partial charge in [-0.25, -0.2) is 0 Å². The third-order valence-electron chi connectivity index (χ3n) is 6.73. The average Bonchev–Trinajstić information content (AvgIpc) is 2.91. The summed E-state index contributed by atoms with van der Waals surface area (Å²) in [5, 5.41) is 4.03. The molecule has 0 aliphatic heterocycles. The van der Waals surface area contributed by atoms with Crippen LogP contribution in [0.4, 0.5) is 0 Å². The van der Waals surface area contributed by atoms with Gasteiger partial charge in [0.25, 0.3) is 0 Å². The number of nitrogens with one attached hydrogen (secondary N) is 1. The van der Waals surface area contributed by atoms with Gasteiger partial charge in [-0.1, -0.05) is 34.6 Å². The van der Waals surface area contributed by atoms with Crippen molar-refractivity contribution in [3.8, 4) is 0 Å². The molecule has 2 rings (SSSR count). The van der Waals surface area contributed by atoms with Crippen LogP contribution >= 0.6 is 0 Å². The SMILES string of the molecule is CCN(CC)CCCC(C)NC1C2(C)CCC(C2)C1(C)C. The van der Waals surface area contributed by atoms with E-state index >= 15 is 0 Å². The second kappa shape index (κ2) is 6.58. The lowest BCUT2D eigenvalue weighted by atomic mass is 9.68. The molecule has 0 aromatic rings. The zero-order chi connectivity index (χ0) is 15.7. The Morgan fingerprint density at radius 3 is 2.38 bits per heavy atom. The van der Waals surface area contributed by atoms with E-state index in [9.17, 15) is 0 Å². The highest BCUT2D eigenvalue weighted by Gasteiger charge is 2.59. The molecule has 0 heterocycles. The molecule has 0 aromatic heterocycles. The van der Waals surface area contributed by atoms with Gasteiger partial charge in [0.05, 0.1) is 0 Å². The summed E-state index contributed by atoms with van der Waals surface area (Å²) < 4.78 is 0. The number of fused-ring (bicyclic) bond motifs is 2. The van der Waals surface area contributed by atoms with Gasteiger partial charge in [-0.05, 0) is 75.4 Å². The predicted molar refractivity (Wildman–Crippen MR) is 92.6 cm³/mol. The molecule has 0 spiro atoms. The molecule has 0 radical (unpaired) electrons. The van der Waals surface area contributed by atoms with E-state index in [1.54, 1.807) is 0 Å². The van der Waals surface area contributed by atoms with Gasteiger partial charge in [-0.15, -0.1) is 0 Å². The van der Waals surface area contributed by atoms with Crippen LogP contribution in [0.3, 0.4) is 0 Å². The van der Waals surface area contributed by atoms with Crippen LogP contribution in [0.1, 0.15) is 73.6 Å². The molecule has 0 saturated heterocycles. The first-order valence-corrected chi connectivity index (χ1v) is 9.32. The van der Waals surface area contributed by atoms with E-state index in [1.807, 2.05) is 0 Å². The topological polar surface area (TPSA) is 15.3 Å². The van der Waals surface area contributed by atoms with Crippen LogP contribution in [-0.2, 0) is 0 Å². The molecule has 2 nitrogen and oxygen atoms in total. The normalized spacial score (nSPS) is 35.6. The minimum atomic E-state index is 0.486. The van der Waals surface area contributed by atoms with Gasteiger partial charge in [0.1, 0.15) is 0 Å². The van der Waals surface area contributed by atoms with Crippen LogP contribution in [0, 0.1) is 16.7 Å². The summed E-state index contributed by atoms with van der Waals surface area (Å²) in [5.41, 5.74) is 1.04. The molecule has 2 aliphatic rings. The smallest absolute Gasteiger partial charge is 0.0177 e. The molecule has 2 bridgehead atoms. The molecule has 4 atom stereocenters. The molecule has 124 valence electrons. The van der Waals surface area contributed by atoms with Crippen LogP contribution in [-0.4, -0.2) is 36.6 Å². The zero-order valence-electron chi connectivity index (χ0n) is 15.3. The van der Waals surface area contributed by atoms with E-state index in [1.165, 1.54) is 51.7 Å². The summed E-state index contributed by atoms with van der Waals surface area (Å²) in [6.45, 7) is 18.1. The van der Waals surface area contributed by atoms with Gasteiger partial charge in [-0.3, -0.25) is 0 Å². The predicted octanol–water partition coefficient (Wildman–Crippen LogP) is 4.30. The molecule has 2 fully saturated rings. The van der Waals surface area contributed by atoms with Gasteiger partial charge in [0, 0.05) is 12.1 Å². The van der Waals surface area contributed by atoms with Crippen molar-refractivity contribution in [3.05, 3.63) is 0 Å². The van der Waals surface area contributed by atoms with Crippen LogP contribution in [0.25, 0.3) is 0 Å². The minimum Gasteiger partial charge on any atom is -0.310 e. The zero-order valence-corrected chi connectivity index (χ0v) is 15.3. The van der Waals surface area contributed by atoms with E-state index in [0.29, 0.717) is 22.9 Å². The van der Waals surface area contributed by atoms with E-state index in [-0.39, 0.29) is 0 Å². The van der Waals surface area contributed by atoms with Crippen molar-refractivity contribution in [1.82, 2.24) is 10.2 Å². The largest absolute Gasteiger partial charge is 0.310 e. The van der Waals surface area contributed by atoms with E-state index in [2.05, 4.69) is 51.8 Å². The van der Waals surface area contributed by atoms with Crippen molar-refractivity contribution in [2.24, 2.45) is 16.7 Å². The van der Waals surface area contributed by atoms with E-state index < -0.39 is 0 Å². The number of nitrogens with zero attached hydrogens (tertiary/aromatic N) is 1. The van der Waals surface area contributed by atoms with Crippen molar-refractivity contribution in [3.63, 3.8) is 0 Å². The van der Waals surface area contributed by atoms with Crippen LogP contribution in [0.5, 0.6) is 0 Å². The molecular weight excluding hydrogens is 256 g/mol. The highest BCUT2D eigenvalue weighted by molar-refractivity contribution is 5.12. The number of hydrogen-bond donors (Lipinski definition) is 1. The maximum absolute atomic E-state index is 4.03. The van der Waals surface area contributed by atoms with Crippen LogP contribution in [0.2, 0.25) is 0 Å². The highest BCUT2D eigenvalue weighted by Crippen LogP contribution is 2.62. The van der Waals surface area contributed by atoms with Crippen molar-refractivity contribution in [1.29, 1.82) is 0 Å². The Morgan fingerprint density at radius 2 is 1.86 bits per heavy atom. The van der Waals surface area contributed by atoms with Crippen LogP contribution < -0.4 is 5.32 Å². The summed E-state index contributed by atoms with van der Waals surface area (Å²) in [6, 6.07) is 1.37. The summed E-state index contributed by atoms with van der Waals surface area (Å²) >= 11 is 0. The average molecular weight is 295 g/mol. The molecule has 21 heavy (non-hydrogen) atoms. The second-order valence-electron chi connectivity index (χ2n) is 8.58. The first-order valence-electron chi connectivity index (χ1n) is 9.32. The molecular formula is C19H38N2.